The number of aliphatic hydroxyl groups excluding tert-OH is 2. The van der Waals surface area contributed by atoms with E-state index in [1.165, 1.54) is 4.90 Å². The Bertz CT molecular complexity index is 422. The van der Waals surface area contributed by atoms with E-state index >= 15 is 0 Å². The van der Waals surface area contributed by atoms with E-state index < -0.39 is 12.2 Å². The van der Waals surface area contributed by atoms with Crippen LogP contribution in [0, 0.1) is 0 Å². The number of nitrogens with two attached hydrogens (primary N) is 1. The standard InChI is InChI=1S/C11H13BrN2O3/c12-7-1-6(2-8(13)3-7)11(17)14-4-9(15)10(16)5-14/h1-3,9-10,15-16H,4-5,13H2/t9-,10+. The molecule has 6 heteroatoms. The molecule has 5 nitrogen and oxygen atoms in total. The third-order valence-corrected chi connectivity index (χ3v) is 3.17. The van der Waals surface area contributed by atoms with Gasteiger partial charge in [-0.1, -0.05) is 15.9 Å². The molecule has 1 heterocycles. The monoisotopic (exact) mass is 300 g/mol. The number of nitrogen functional groups attached to an aromatic ring is 1. The Morgan fingerprint density at radius 2 is 1.88 bits per heavy atom. The molecule has 17 heavy (non-hydrogen) atoms. The van der Waals surface area contributed by atoms with E-state index in [2.05, 4.69) is 15.9 Å². The highest BCUT2D eigenvalue weighted by molar-refractivity contribution is 9.10. The van der Waals surface area contributed by atoms with Gasteiger partial charge in [-0.2, -0.15) is 0 Å². The fourth-order valence-corrected chi connectivity index (χ4v) is 2.36. The average Bonchev–Trinajstić information content (AvgIpc) is 2.57. The van der Waals surface area contributed by atoms with E-state index in [0.29, 0.717) is 11.3 Å². The molecular weight excluding hydrogens is 288 g/mol. The van der Waals surface area contributed by atoms with Crippen molar-refractivity contribution in [1.82, 2.24) is 4.90 Å². The van der Waals surface area contributed by atoms with Crippen molar-refractivity contribution in [3.63, 3.8) is 0 Å². The highest BCUT2D eigenvalue weighted by atomic mass is 79.9. The van der Waals surface area contributed by atoms with Crippen LogP contribution in [0.15, 0.2) is 22.7 Å². The Morgan fingerprint density at radius 1 is 1.29 bits per heavy atom. The first-order valence-corrected chi connectivity index (χ1v) is 5.98. The number of aliphatic hydroxyl groups is 2. The molecule has 92 valence electrons. The molecule has 0 unspecified atom stereocenters. The van der Waals surface area contributed by atoms with Crippen molar-refractivity contribution in [2.75, 3.05) is 18.8 Å². The van der Waals surface area contributed by atoms with Crippen LogP contribution >= 0.6 is 15.9 Å². The van der Waals surface area contributed by atoms with Crippen molar-refractivity contribution >= 4 is 27.5 Å². The van der Waals surface area contributed by atoms with Crippen LogP contribution in [0.5, 0.6) is 0 Å². The highest BCUT2D eigenvalue weighted by Crippen LogP contribution is 2.20. The molecule has 1 amide bonds. The summed E-state index contributed by atoms with van der Waals surface area (Å²) in [6.07, 6.45) is -1.74. The minimum atomic E-state index is -0.872. The van der Waals surface area contributed by atoms with Crippen LogP contribution < -0.4 is 5.73 Å². The molecule has 1 aromatic rings. The van der Waals surface area contributed by atoms with E-state index in [0.717, 1.165) is 4.47 Å². The number of hydrogen-bond acceptors (Lipinski definition) is 4. The summed E-state index contributed by atoms with van der Waals surface area (Å²) in [4.78, 5) is 13.5. The predicted octanol–water partition coefficient (Wildman–Crippen LogP) is 0.209. The maximum atomic E-state index is 12.1. The molecule has 4 N–H and O–H groups in total. The number of hydrogen-bond donors (Lipinski definition) is 3. The van der Waals surface area contributed by atoms with Crippen molar-refractivity contribution in [2.45, 2.75) is 12.2 Å². The summed E-state index contributed by atoms with van der Waals surface area (Å²) >= 11 is 3.26. The van der Waals surface area contributed by atoms with E-state index in [-0.39, 0.29) is 19.0 Å². The summed E-state index contributed by atoms with van der Waals surface area (Å²) in [5.74, 6) is -0.242. The lowest BCUT2D eigenvalue weighted by molar-refractivity contribution is 0.0572. The Labute approximate surface area is 107 Å². The second-order valence-corrected chi connectivity index (χ2v) is 5.03. The molecule has 0 spiro atoms. The molecule has 0 bridgehead atoms. The number of anilines is 1. The maximum absolute atomic E-state index is 12.1. The van der Waals surface area contributed by atoms with Gasteiger partial charge >= 0.3 is 0 Å². The second kappa shape index (κ2) is 4.64. The molecule has 1 aliphatic heterocycles. The average molecular weight is 301 g/mol. The molecule has 0 aliphatic carbocycles. The van der Waals surface area contributed by atoms with Gasteiger partial charge in [0, 0.05) is 28.8 Å². The van der Waals surface area contributed by atoms with Crippen molar-refractivity contribution in [1.29, 1.82) is 0 Å². The van der Waals surface area contributed by atoms with E-state index in [1.807, 2.05) is 0 Å². The van der Waals surface area contributed by atoms with Gasteiger partial charge in [-0.05, 0) is 18.2 Å². The summed E-state index contributed by atoms with van der Waals surface area (Å²) < 4.78 is 0.723. The second-order valence-electron chi connectivity index (χ2n) is 4.12. The van der Waals surface area contributed by atoms with Gasteiger partial charge < -0.3 is 20.8 Å². The van der Waals surface area contributed by atoms with Crippen molar-refractivity contribution in [3.05, 3.63) is 28.2 Å². The molecule has 1 saturated heterocycles. The van der Waals surface area contributed by atoms with Gasteiger partial charge in [0.25, 0.3) is 5.91 Å². The van der Waals surface area contributed by atoms with Crippen LogP contribution in [0.3, 0.4) is 0 Å². The number of β-amino-alcohol motifs (C(OH)–C–C–N with tert-alkyl or cyclic N) is 2. The minimum Gasteiger partial charge on any atom is -0.399 e. The number of carbonyl (C=O) groups is 1. The number of nitrogens with zero attached hydrogens (tertiary/aromatic N) is 1. The summed E-state index contributed by atoms with van der Waals surface area (Å²) in [5, 5.41) is 18.8. The third kappa shape index (κ3) is 2.59. The number of carbonyl (C=O) groups excluding carboxylic acids is 1. The first kappa shape index (κ1) is 12.3. The number of benzene rings is 1. The predicted molar refractivity (Wildman–Crippen MR) is 66.5 cm³/mol. The molecule has 0 radical (unpaired) electrons. The van der Waals surface area contributed by atoms with Crippen molar-refractivity contribution in [2.24, 2.45) is 0 Å². The van der Waals surface area contributed by atoms with Crippen LogP contribution in [-0.4, -0.2) is 46.3 Å². The van der Waals surface area contributed by atoms with Gasteiger partial charge in [0.1, 0.15) is 0 Å². The zero-order valence-corrected chi connectivity index (χ0v) is 10.6. The molecular formula is C11H13BrN2O3. The van der Waals surface area contributed by atoms with Crippen LogP contribution in [-0.2, 0) is 0 Å². The lowest BCUT2D eigenvalue weighted by atomic mass is 10.2. The lowest BCUT2D eigenvalue weighted by Crippen LogP contribution is -2.29. The molecule has 1 aliphatic rings. The lowest BCUT2D eigenvalue weighted by Gasteiger charge is -2.15. The van der Waals surface area contributed by atoms with Gasteiger partial charge in [-0.25, -0.2) is 0 Å². The molecule has 1 fully saturated rings. The summed E-state index contributed by atoms with van der Waals surface area (Å²) in [5.41, 5.74) is 6.58. The normalized spacial score (nSPS) is 24.1. The maximum Gasteiger partial charge on any atom is 0.254 e. The molecule has 1 aromatic carbocycles. The number of halogens is 1. The van der Waals surface area contributed by atoms with Gasteiger partial charge in [0.15, 0.2) is 0 Å². The Hall–Kier alpha value is -1.11. The van der Waals surface area contributed by atoms with Crippen LogP contribution in [0.25, 0.3) is 0 Å². The number of likely N-dealkylation sites (tertiary alicyclic amines) is 1. The first-order chi connectivity index (χ1) is 7.97. The quantitative estimate of drug-likeness (QED) is 0.647. The Balaban J connectivity index is 2.20. The van der Waals surface area contributed by atoms with Gasteiger partial charge in [-0.15, -0.1) is 0 Å². The molecule has 2 atom stereocenters. The SMILES string of the molecule is Nc1cc(Br)cc(C(=O)N2C[C@@H](O)[C@@H](O)C2)c1. The first-order valence-electron chi connectivity index (χ1n) is 5.19. The zero-order valence-electron chi connectivity index (χ0n) is 9.01. The molecule has 0 aromatic heterocycles. The molecule has 2 rings (SSSR count). The number of rotatable bonds is 1. The zero-order chi connectivity index (χ0) is 12.6. The highest BCUT2D eigenvalue weighted by Gasteiger charge is 2.32. The van der Waals surface area contributed by atoms with E-state index in [4.69, 9.17) is 5.73 Å². The smallest absolute Gasteiger partial charge is 0.254 e. The van der Waals surface area contributed by atoms with Crippen LogP contribution in [0.4, 0.5) is 5.69 Å². The fraction of sp³-hybridized carbons (Fsp3) is 0.364. The van der Waals surface area contributed by atoms with Crippen LogP contribution in [0.2, 0.25) is 0 Å². The van der Waals surface area contributed by atoms with Gasteiger partial charge in [0.2, 0.25) is 0 Å². The number of amides is 1. The topological polar surface area (TPSA) is 86.8 Å². The van der Waals surface area contributed by atoms with E-state index in [1.54, 1.807) is 18.2 Å². The largest absolute Gasteiger partial charge is 0.399 e. The van der Waals surface area contributed by atoms with Crippen molar-refractivity contribution in [3.8, 4) is 0 Å². The fourth-order valence-electron chi connectivity index (χ4n) is 1.85. The van der Waals surface area contributed by atoms with E-state index in [9.17, 15) is 15.0 Å². The van der Waals surface area contributed by atoms with Crippen LogP contribution in [0.1, 0.15) is 10.4 Å². The van der Waals surface area contributed by atoms with Gasteiger partial charge in [0.05, 0.1) is 12.2 Å². The van der Waals surface area contributed by atoms with Gasteiger partial charge in [-0.3, -0.25) is 4.79 Å². The summed E-state index contributed by atoms with van der Waals surface area (Å²) in [6, 6.07) is 4.93. The summed E-state index contributed by atoms with van der Waals surface area (Å²) in [7, 11) is 0. The summed E-state index contributed by atoms with van der Waals surface area (Å²) in [6.45, 7) is 0.291. The van der Waals surface area contributed by atoms with Crippen molar-refractivity contribution < 1.29 is 15.0 Å². The Kier molecular flexibility index (Phi) is 3.37. The molecule has 0 saturated carbocycles. The minimum absolute atomic E-state index is 0.145. The Morgan fingerprint density at radius 3 is 2.41 bits per heavy atom. The third-order valence-electron chi connectivity index (χ3n) is 2.71.